The first kappa shape index (κ1) is 18.4. The van der Waals surface area contributed by atoms with E-state index in [9.17, 15) is 9.18 Å². The number of amides is 1. The lowest BCUT2D eigenvalue weighted by Gasteiger charge is -2.23. The van der Waals surface area contributed by atoms with E-state index in [1.165, 1.54) is 12.1 Å². The second-order valence-corrected chi connectivity index (χ2v) is 6.60. The SMILES string of the molecule is Cc1ccc(Cl)cc1NC(=O)CN[C@@H](c1ccc(F)cc1)C(C)C. The number of carbonyl (C=O) groups is 1. The molecule has 0 aliphatic rings. The molecule has 2 aromatic carbocycles. The maximum absolute atomic E-state index is 13.1. The van der Waals surface area contributed by atoms with E-state index in [0.29, 0.717) is 10.7 Å². The highest BCUT2D eigenvalue weighted by Gasteiger charge is 2.17. The molecule has 0 radical (unpaired) electrons. The summed E-state index contributed by atoms with van der Waals surface area (Å²) in [5.41, 5.74) is 2.61. The Bertz CT molecular complexity index is 701. The zero-order chi connectivity index (χ0) is 17.7. The molecule has 1 atom stereocenters. The zero-order valence-electron chi connectivity index (χ0n) is 14.1. The first-order chi connectivity index (χ1) is 11.4. The Balaban J connectivity index is 2.00. The Kier molecular flexibility index (Phi) is 6.35. The van der Waals surface area contributed by atoms with E-state index in [1.807, 2.05) is 13.0 Å². The lowest BCUT2D eigenvalue weighted by atomic mass is 9.96. The molecule has 0 unspecified atom stereocenters. The van der Waals surface area contributed by atoms with Gasteiger partial charge in [0, 0.05) is 16.8 Å². The normalized spacial score (nSPS) is 12.2. The van der Waals surface area contributed by atoms with Gasteiger partial charge in [0.25, 0.3) is 0 Å². The molecule has 3 nitrogen and oxygen atoms in total. The summed E-state index contributed by atoms with van der Waals surface area (Å²) < 4.78 is 13.1. The zero-order valence-corrected chi connectivity index (χ0v) is 14.8. The molecule has 128 valence electrons. The summed E-state index contributed by atoms with van der Waals surface area (Å²) in [5, 5.41) is 6.68. The lowest BCUT2D eigenvalue weighted by Crippen LogP contribution is -2.33. The van der Waals surface area contributed by atoms with Crippen LogP contribution in [0, 0.1) is 18.7 Å². The second kappa shape index (κ2) is 8.27. The fraction of sp³-hybridized carbons (Fsp3) is 0.316. The smallest absolute Gasteiger partial charge is 0.238 e. The number of halogens is 2. The van der Waals surface area contributed by atoms with Crippen LogP contribution in [0.15, 0.2) is 42.5 Å². The average molecular weight is 349 g/mol. The van der Waals surface area contributed by atoms with Gasteiger partial charge in [0.15, 0.2) is 0 Å². The molecule has 2 rings (SSSR count). The molecule has 0 saturated carbocycles. The van der Waals surface area contributed by atoms with E-state index in [-0.39, 0.29) is 30.2 Å². The average Bonchev–Trinajstić information content (AvgIpc) is 2.52. The third-order valence-corrected chi connectivity index (χ3v) is 4.09. The Morgan fingerprint density at radius 1 is 1.17 bits per heavy atom. The van der Waals surface area contributed by atoms with E-state index >= 15 is 0 Å². The number of benzene rings is 2. The fourth-order valence-electron chi connectivity index (χ4n) is 2.53. The molecule has 0 spiro atoms. The monoisotopic (exact) mass is 348 g/mol. The van der Waals surface area contributed by atoms with Crippen LogP contribution in [0.1, 0.15) is 31.0 Å². The van der Waals surface area contributed by atoms with Crippen LogP contribution < -0.4 is 10.6 Å². The molecule has 2 N–H and O–H groups in total. The predicted octanol–water partition coefficient (Wildman–Crippen LogP) is 4.71. The number of nitrogens with one attached hydrogen (secondary N) is 2. The summed E-state index contributed by atoms with van der Waals surface area (Å²) in [5.74, 6) is -0.153. The van der Waals surface area contributed by atoms with Gasteiger partial charge in [0.1, 0.15) is 5.82 Å². The van der Waals surface area contributed by atoms with Crippen molar-refractivity contribution >= 4 is 23.2 Å². The molecule has 0 fully saturated rings. The van der Waals surface area contributed by atoms with Crippen LogP contribution >= 0.6 is 11.6 Å². The molecule has 0 saturated heterocycles. The molecule has 2 aromatic rings. The van der Waals surface area contributed by atoms with Gasteiger partial charge >= 0.3 is 0 Å². The van der Waals surface area contributed by atoms with E-state index in [2.05, 4.69) is 24.5 Å². The third kappa shape index (κ3) is 5.05. The number of carbonyl (C=O) groups excluding carboxylic acids is 1. The van der Waals surface area contributed by atoms with Crippen molar-refractivity contribution in [3.05, 3.63) is 64.4 Å². The first-order valence-corrected chi connectivity index (χ1v) is 8.29. The maximum atomic E-state index is 13.1. The summed E-state index contributed by atoms with van der Waals surface area (Å²) in [7, 11) is 0. The van der Waals surface area contributed by atoms with E-state index in [1.54, 1.807) is 24.3 Å². The number of anilines is 1. The van der Waals surface area contributed by atoms with E-state index < -0.39 is 0 Å². The quantitative estimate of drug-likeness (QED) is 0.793. The van der Waals surface area contributed by atoms with Gasteiger partial charge in [0.05, 0.1) is 6.54 Å². The fourth-order valence-corrected chi connectivity index (χ4v) is 2.71. The number of aryl methyl sites for hydroxylation is 1. The highest BCUT2D eigenvalue weighted by Crippen LogP contribution is 2.22. The van der Waals surface area contributed by atoms with Crippen LogP contribution in [0.4, 0.5) is 10.1 Å². The van der Waals surface area contributed by atoms with Crippen molar-refractivity contribution < 1.29 is 9.18 Å². The first-order valence-electron chi connectivity index (χ1n) is 7.91. The minimum atomic E-state index is -0.268. The van der Waals surface area contributed by atoms with Crippen LogP contribution in [-0.2, 0) is 4.79 Å². The Morgan fingerprint density at radius 2 is 1.83 bits per heavy atom. The topological polar surface area (TPSA) is 41.1 Å². The van der Waals surface area contributed by atoms with Gasteiger partial charge in [-0.1, -0.05) is 43.6 Å². The standard InChI is InChI=1S/C19H22ClFN2O/c1-12(2)19(14-5-8-16(21)9-6-14)22-11-18(24)23-17-10-15(20)7-4-13(17)3/h4-10,12,19,22H,11H2,1-3H3,(H,23,24)/t19-/m1/s1. The van der Waals surface area contributed by atoms with Crippen LogP contribution in [0.5, 0.6) is 0 Å². The minimum Gasteiger partial charge on any atom is -0.325 e. The minimum absolute atomic E-state index is 0.0307. The van der Waals surface area contributed by atoms with Gasteiger partial charge in [-0.25, -0.2) is 4.39 Å². The highest BCUT2D eigenvalue weighted by molar-refractivity contribution is 6.31. The molecule has 0 aliphatic carbocycles. The number of hydrogen-bond acceptors (Lipinski definition) is 2. The molecule has 1 amide bonds. The van der Waals surface area contributed by atoms with Crippen LogP contribution in [0.3, 0.4) is 0 Å². The van der Waals surface area contributed by atoms with Crippen molar-refractivity contribution in [3.8, 4) is 0 Å². The Morgan fingerprint density at radius 3 is 2.46 bits per heavy atom. The summed E-state index contributed by atoms with van der Waals surface area (Å²) >= 11 is 5.96. The summed E-state index contributed by atoms with van der Waals surface area (Å²) in [6.45, 7) is 6.18. The Hall–Kier alpha value is -1.91. The summed E-state index contributed by atoms with van der Waals surface area (Å²) in [6.07, 6.45) is 0. The van der Waals surface area contributed by atoms with Crippen LogP contribution in [0.25, 0.3) is 0 Å². The van der Waals surface area contributed by atoms with Gasteiger partial charge in [0.2, 0.25) is 5.91 Å². The molecule has 5 heteroatoms. The predicted molar refractivity (Wildman–Crippen MR) is 96.8 cm³/mol. The van der Waals surface area contributed by atoms with Crippen LogP contribution in [-0.4, -0.2) is 12.5 Å². The Labute approximate surface area is 147 Å². The summed E-state index contributed by atoms with van der Waals surface area (Å²) in [6, 6.07) is 11.7. The largest absolute Gasteiger partial charge is 0.325 e. The van der Waals surface area contributed by atoms with Gasteiger partial charge in [-0.2, -0.15) is 0 Å². The molecule has 0 bridgehead atoms. The van der Waals surface area contributed by atoms with Gasteiger partial charge < -0.3 is 10.6 Å². The van der Waals surface area contributed by atoms with Crippen molar-refractivity contribution in [1.29, 1.82) is 0 Å². The highest BCUT2D eigenvalue weighted by atomic mass is 35.5. The van der Waals surface area contributed by atoms with Gasteiger partial charge in [-0.3, -0.25) is 4.79 Å². The molecular weight excluding hydrogens is 327 g/mol. The van der Waals surface area contributed by atoms with E-state index in [4.69, 9.17) is 11.6 Å². The molecular formula is C19H22ClFN2O. The molecule has 0 aliphatic heterocycles. The third-order valence-electron chi connectivity index (χ3n) is 3.85. The van der Waals surface area contributed by atoms with Crippen molar-refractivity contribution in [3.63, 3.8) is 0 Å². The van der Waals surface area contributed by atoms with Gasteiger partial charge in [-0.15, -0.1) is 0 Å². The van der Waals surface area contributed by atoms with Crippen molar-refractivity contribution in [1.82, 2.24) is 5.32 Å². The van der Waals surface area contributed by atoms with E-state index in [0.717, 1.165) is 11.1 Å². The van der Waals surface area contributed by atoms with Crippen molar-refractivity contribution in [2.45, 2.75) is 26.8 Å². The molecule has 0 heterocycles. The van der Waals surface area contributed by atoms with Crippen molar-refractivity contribution in [2.24, 2.45) is 5.92 Å². The number of rotatable bonds is 6. The second-order valence-electron chi connectivity index (χ2n) is 6.16. The molecule has 0 aromatic heterocycles. The lowest BCUT2D eigenvalue weighted by molar-refractivity contribution is -0.115. The summed E-state index contributed by atoms with van der Waals surface area (Å²) in [4.78, 5) is 12.2. The van der Waals surface area contributed by atoms with Crippen LogP contribution in [0.2, 0.25) is 5.02 Å². The number of hydrogen-bond donors (Lipinski definition) is 2. The maximum Gasteiger partial charge on any atom is 0.238 e. The molecule has 24 heavy (non-hydrogen) atoms. The van der Waals surface area contributed by atoms with Crippen molar-refractivity contribution in [2.75, 3.05) is 11.9 Å². The van der Waals surface area contributed by atoms with Gasteiger partial charge in [-0.05, 0) is 48.2 Å².